The number of hydrogen-bond acceptors (Lipinski definition) is 5. The van der Waals surface area contributed by atoms with E-state index in [1.807, 2.05) is 37.4 Å². The van der Waals surface area contributed by atoms with Gasteiger partial charge in [0.25, 0.3) is 0 Å². The molecule has 6 heteroatoms. The zero-order valence-electron chi connectivity index (χ0n) is 13.5. The average Bonchev–Trinajstić information content (AvgIpc) is 2.84. The Balaban J connectivity index is 2.24. The first-order valence-corrected chi connectivity index (χ1v) is 7.20. The highest BCUT2D eigenvalue weighted by Gasteiger charge is 2.13. The molecule has 2 rings (SSSR count). The summed E-state index contributed by atoms with van der Waals surface area (Å²) in [5.41, 5.74) is 3.25. The van der Waals surface area contributed by atoms with Gasteiger partial charge in [0.15, 0.2) is 0 Å². The maximum Gasteiger partial charge on any atom is 0.131 e. The van der Waals surface area contributed by atoms with Crippen molar-refractivity contribution in [1.29, 1.82) is 0 Å². The van der Waals surface area contributed by atoms with Gasteiger partial charge in [0.05, 0.1) is 23.8 Å². The Morgan fingerprint density at radius 1 is 1.33 bits per heavy atom. The van der Waals surface area contributed by atoms with E-state index in [2.05, 4.69) is 41.2 Å². The fourth-order valence-corrected chi connectivity index (χ4v) is 2.23. The van der Waals surface area contributed by atoms with Gasteiger partial charge in [-0.1, -0.05) is 13.8 Å². The highest BCUT2D eigenvalue weighted by molar-refractivity contribution is 5.48. The number of nitrogens with one attached hydrogen (secondary N) is 1. The molecular formula is C15H24N6. The Labute approximate surface area is 126 Å². The van der Waals surface area contributed by atoms with Crippen molar-refractivity contribution in [2.24, 2.45) is 7.05 Å². The smallest absolute Gasteiger partial charge is 0.131 e. The predicted octanol–water partition coefficient (Wildman–Crippen LogP) is 1.69. The highest BCUT2D eigenvalue weighted by Crippen LogP contribution is 2.21. The molecule has 0 aromatic carbocycles. The summed E-state index contributed by atoms with van der Waals surface area (Å²) in [6.07, 6.45) is 5.83. The van der Waals surface area contributed by atoms with Crippen LogP contribution in [-0.2, 0) is 20.1 Å². The van der Waals surface area contributed by atoms with Crippen LogP contribution in [0.1, 0.15) is 36.8 Å². The largest absolute Gasteiger partial charge is 0.367 e. The van der Waals surface area contributed by atoms with Crippen LogP contribution in [0, 0.1) is 0 Å². The summed E-state index contributed by atoms with van der Waals surface area (Å²) in [7, 11) is 5.92. The van der Waals surface area contributed by atoms with Gasteiger partial charge in [0.1, 0.15) is 5.82 Å². The van der Waals surface area contributed by atoms with E-state index in [0.717, 1.165) is 30.3 Å². The van der Waals surface area contributed by atoms with Crippen molar-refractivity contribution < 1.29 is 0 Å². The van der Waals surface area contributed by atoms with E-state index in [-0.39, 0.29) is 0 Å². The van der Waals surface area contributed by atoms with Crippen LogP contribution in [0.25, 0.3) is 0 Å². The van der Waals surface area contributed by atoms with Crippen molar-refractivity contribution in [3.63, 3.8) is 0 Å². The maximum absolute atomic E-state index is 4.69. The minimum atomic E-state index is 0.332. The molecule has 0 aliphatic heterocycles. The van der Waals surface area contributed by atoms with Crippen molar-refractivity contribution in [3.8, 4) is 0 Å². The number of rotatable bonds is 6. The van der Waals surface area contributed by atoms with Crippen LogP contribution in [0.3, 0.4) is 0 Å². The number of anilines is 1. The summed E-state index contributed by atoms with van der Waals surface area (Å²) in [6, 6.07) is 0. The lowest BCUT2D eigenvalue weighted by Gasteiger charge is -2.21. The Hall–Kier alpha value is -1.95. The van der Waals surface area contributed by atoms with Gasteiger partial charge in [-0.15, -0.1) is 0 Å². The predicted molar refractivity (Wildman–Crippen MR) is 84.2 cm³/mol. The molecule has 0 radical (unpaired) electrons. The van der Waals surface area contributed by atoms with Crippen molar-refractivity contribution >= 4 is 5.69 Å². The number of nitrogens with zero attached hydrogens (tertiary/aromatic N) is 5. The number of aromatic nitrogens is 4. The van der Waals surface area contributed by atoms with Crippen molar-refractivity contribution in [2.45, 2.75) is 32.9 Å². The molecule has 2 heterocycles. The zero-order chi connectivity index (χ0) is 15.4. The van der Waals surface area contributed by atoms with Gasteiger partial charge in [-0.25, -0.2) is 9.97 Å². The lowest BCUT2D eigenvalue weighted by molar-refractivity contribution is 0.719. The SMILES string of the molecule is CNCc1nc(C(C)C)ncc1N(C)Cc1cnn(C)c1. The molecule has 0 amide bonds. The first-order valence-electron chi connectivity index (χ1n) is 7.20. The Morgan fingerprint density at radius 3 is 2.67 bits per heavy atom. The van der Waals surface area contributed by atoms with Crippen molar-refractivity contribution in [1.82, 2.24) is 25.1 Å². The van der Waals surface area contributed by atoms with Gasteiger partial charge in [0, 0.05) is 44.9 Å². The molecule has 2 aromatic rings. The molecule has 0 saturated heterocycles. The molecule has 114 valence electrons. The van der Waals surface area contributed by atoms with Crippen molar-refractivity contribution in [2.75, 3.05) is 19.0 Å². The average molecular weight is 288 g/mol. The first kappa shape index (κ1) is 15.4. The summed E-state index contributed by atoms with van der Waals surface area (Å²) in [6.45, 7) is 5.74. The molecule has 2 aromatic heterocycles. The first-order chi connectivity index (χ1) is 10.0. The van der Waals surface area contributed by atoms with Crippen LogP contribution in [0.4, 0.5) is 5.69 Å². The quantitative estimate of drug-likeness (QED) is 0.876. The molecule has 0 spiro atoms. The number of hydrogen-bond donors (Lipinski definition) is 1. The summed E-state index contributed by atoms with van der Waals surface area (Å²) in [5, 5.41) is 7.39. The Bertz CT molecular complexity index is 590. The van der Waals surface area contributed by atoms with Gasteiger partial charge in [0.2, 0.25) is 0 Å². The lowest BCUT2D eigenvalue weighted by Crippen LogP contribution is -2.21. The van der Waals surface area contributed by atoms with Crippen LogP contribution in [-0.4, -0.2) is 33.8 Å². The Morgan fingerprint density at radius 2 is 2.10 bits per heavy atom. The molecule has 0 aliphatic carbocycles. The van der Waals surface area contributed by atoms with E-state index in [0.29, 0.717) is 5.92 Å². The second-order valence-corrected chi connectivity index (χ2v) is 5.62. The van der Waals surface area contributed by atoms with Crippen LogP contribution >= 0.6 is 0 Å². The van der Waals surface area contributed by atoms with Gasteiger partial charge in [-0.2, -0.15) is 5.10 Å². The van der Waals surface area contributed by atoms with Gasteiger partial charge >= 0.3 is 0 Å². The van der Waals surface area contributed by atoms with Gasteiger partial charge < -0.3 is 10.2 Å². The Kier molecular flexibility index (Phi) is 4.90. The van der Waals surface area contributed by atoms with Crippen LogP contribution in [0.5, 0.6) is 0 Å². The number of aryl methyl sites for hydroxylation is 1. The standard InChI is InChI=1S/C15H24N6/c1-11(2)15-17-8-14(13(19-15)7-16-3)20(4)9-12-6-18-21(5)10-12/h6,8,10-11,16H,7,9H2,1-5H3. The fraction of sp³-hybridized carbons (Fsp3) is 0.533. The molecule has 21 heavy (non-hydrogen) atoms. The topological polar surface area (TPSA) is 58.9 Å². The third-order valence-electron chi connectivity index (χ3n) is 3.31. The molecule has 0 fully saturated rings. The molecule has 0 bridgehead atoms. The third-order valence-corrected chi connectivity index (χ3v) is 3.31. The second kappa shape index (κ2) is 6.67. The van der Waals surface area contributed by atoms with Crippen LogP contribution in [0.15, 0.2) is 18.6 Å². The monoisotopic (exact) mass is 288 g/mol. The fourth-order valence-electron chi connectivity index (χ4n) is 2.23. The molecule has 0 unspecified atom stereocenters. The van der Waals surface area contributed by atoms with E-state index >= 15 is 0 Å². The molecule has 0 atom stereocenters. The van der Waals surface area contributed by atoms with E-state index < -0.39 is 0 Å². The molecule has 6 nitrogen and oxygen atoms in total. The summed E-state index contributed by atoms with van der Waals surface area (Å²) in [5.74, 6) is 1.22. The third kappa shape index (κ3) is 3.78. The van der Waals surface area contributed by atoms with Gasteiger partial charge in [-0.05, 0) is 7.05 Å². The van der Waals surface area contributed by atoms with Crippen LogP contribution in [0.2, 0.25) is 0 Å². The van der Waals surface area contributed by atoms with E-state index in [4.69, 9.17) is 4.98 Å². The minimum Gasteiger partial charge on any atom is -0.367 e. The minimum absolute atomic E-state index is 0.332. The van der Waals surface area contributed by atoms with E-state index in [1.165, 1.54) is 5.56 Å². The summed E-state index contributed by atoms with van der Waals surface area (Å²) < 4.78 is 1.82. The molecule has 1 N–H and O–H groups in total. The normalized spacial score (nSPS) is 11.1. The van der Waals surface area contributed by atoms with E-state index in [9.17, 15) is 0 Å². The lowest BCUT2D eigenvalue weighted by atomic mass is 10.2. The molecule has 0 aliphatic rings. The van der Waals surface area contributed by atoms with Crippen LogP contribution < -0.4 is 10.2 Å². The second-order valence-electron chi connectivity index (χ2n) is 5.62. The summed E-state index contributed by atoms with van der Waals surface area (Å²) >= 11 is 0. The molecule has 0 saturated carbocycles. The maximum atomic E-state index is 4.69. The summed E-state index contributed by atoms with van der Waals surface area (Å²) in [4.78, 5) is 11.3. The highest BCUT2D eigenvalue weighted by atomic mass is 15.2. The van der Waals surface area contributed by atoms with E-state index in [1.54, 1.807) is 0 Å². The zero-order valence-corrected chi connectivity index (χ0v) is 13.5. The van der Waals surface area contributed by atoms with Crippen molar-refractivity contribution in [3.05, 3.63) is 35.7 Å². The van der Waals surface area contributed by atoms with Gasteiger partial charge in [-0.3, -0.25) is 4.68 Å². The molecular weight excluding hydrogens is 264 g/mol.